The first-order valence-electron chi connectivity index (χ1n) is 30.7. The van der Waals surface area contributed by atoms with Gasteiger partial charge in [0.25, 0.3) is 0 Å². The number of unbranched alkanes of at least 4 members (excludes halogenated alkanes) is 3. The summed E-state index contributed by atoms with van der Waals surface area (Å²) in [4.78, 5) is 57.1. The predicted octanol–water partition coefficient (Wildman–Crippen LogP) is 11.1. The van der Waals surface area contributed by atoms with Crippen LogP contribution in [0.5, 0.6) is 0 Å². The molecule has 0 saturated heterocycles. The number of rotatable bonds is 24. The summed E-state index contributed by atoms with van der Waals surface area (Å²) >= 11 is 0. The van der Waals surface area contributed by atoms with Gasteiger partial charge in [0.15, 0.2) is 0 Å². The molecule has 0 amide bonds. The first kappa shape index (κ1) is 56.0. The van der Waals surface area contributed by atoms with Crippen molar-refractivity contribution in [3.63, 3.8) is 0 Å². The largest absolute Gasteiger partial charge is 2.00 e. The third-order valence-corrected chi connectivity index (χ3v) is 12.8. The molecule has 0 bridgehead atoms. The van der Waals surface area contributed by atoms with E-state index in [0.717, 1.165) is 83.5 Å². The monoisotopic (exact) mass is 1040 g/mol. The fourth-order valence-electron chi connectivity index (χ4n) is 7.95. The van der Waals surface area contributed by atoms with Crippen LogP contribution in [0.2, 0.25) is 0 Å². The molecule has 394 valence electrons. The number of aliphatic hydroxyl groups is 1. The number of hydrogen-bond acceptors (Lipinski definition) is 9. The number of carbonyl (C=O) groups excluding carboxylic acids is 3. The van der Waals surface area contributed by atoms with Gasteiger partial charge in [-0.25, -0.2) is 19.6 Å². The number of hydrogen-bond donors (Lipinski definition) is 3. The molecule has 3 N–H and O–H groups in total. The van der Waals surface area contributed by atoms with Gasteiger partial charge in [-0.05, 0) is 113 Å². The zero-order valence-electron chi connectivity index (χ0n) is 57.2. The third kappa shape index (κ3) is 27.4. The Balaban J connectivity index is -0.0000000748. The molecule has 3 fully saturated rings. The van der Waals surface area contributed by atoms with Crippen molar-refractivity contribution >= 4 is 52.9 Å². The number of carbonyl (C=O) groups is 5. The van der Waals surface area contributed by atoms with E-state index in [9.17, 15) is 39.3 Å². The Morgan fingerprint density at radius 3 is 1.18 bits per heavy atom. The Bertz CT molecular complexity index is 1440. The molecule has 13 heteroatoms. The van der Waals surface area contributed by atoms with E-state index in [2.05, 4.69) is 44.9 Å². The van der Waals surface area contributed by atoms with Crippen molar-refractivity contribution in [3.05, 3.63) is 57.5 Å². The number of methoxy groups -OCH3 is 1. The molecule has 0 aliphatic heterocycles. The van der Waals surface area contributed by atoms with Gasteiger partial charge in [0.2, 0.25) is 0 Å². The van der Waals surface area contributed by atoms with E-state index in [1.165, 1.54) is 26.0 Å². The molecule has 11 nitrogen and oxygen atoms in total. The summed E-state index contributed by atoms with van der Waals surface area (Å²) < 4.78 is 85.6. The van der Waals surface area contributed by atoms with Crippen molar-refractivity contribution in [1.29, 1.82) is 0 Å². The van der Waals surface area contributed by atoms with Gasteiger partial charge >= 0.3 is 52.9 Å². The molecule has 0 radical (unpaired) electrons. The van der Waals surface area contributed by atoms with Crippen molar-refractivity contribution in [2.75, 3.05) is 7.11 Å². The first-order valence-corrected chi connectivity index (χ1v) is 23.7. The Morgan fingerprint density at radius 1 is 0.667 bits per heavy atom. The third-order valence-electron chi connectivity index (χ3n) is 12.8. The van der Waals surface area contributed by atoms with Crippen LogP contribution in [0.1, 0.15) is 207 Å². The zero-order chi connectivity index (χ0) is 64.0. The summed E-state index contributed by atoms with van der Waals surface area (Å²) in [6, 6.07) is 0. The van der Waals surface area contributed by atoms with Crippen molar-refractivity contribution < 1.29 is 92.7 Å². The molecule has 0 heterocycles. The quantitative estimate of drug-likeness (QED) is 0.0210. The van der Waals surface area contributed by atoms with Crippen LogP contribution >= 0.6 is 0 Å². The number of ether oxygens (including phenoxy) is 3. The second kappa shape index (κ2) is 34.6. The summed E-state index contributed by atoms with van der Waals surface area (Å²) in [6.45, 7) is 36.5. The molecular weight excluding hydrogens is 917 g/mol. The van der Waals surface area contributed by atoms with Gasteiger partial charge in [0.05, 0.1) is 37.4 Å². The summed E-state index contributed by atoms with van der Waals surface area (Å²) in [5.74, 6) is -2.80. The number of allylic oxidation sites excluding steroid dienone is 4. The van der Waals surface area contributed by atoms with E-state index in [4.69, 9.17) is 30.3 Å². The summed E-state index contributed by atoms with van der Waals surface area (Å²) in [5.41, 5.74) is -1.89. The maximum Gasteiger partial charge on any atom is 2.00 e. The maximum atomic E-state index is 12.2. The van der Waals surface area contributed by atoms with Crippen molar-refractivity contribution in [2.24, 2.45) is 40.4 Å². The average molecular weight is 1040 g/mol. The normalized spacial score (nSPS) is 24.5. The number of aliphatic carboxylic acids is 2. The van der Waals surface area contributed by atoms with Crippen molar-refractivity contribution in [3.8, 4) is 0 Å². The van der Waals surface area contributed by atoms with Crippen LogP contribution < -0.4 is 17.0 Å². The van der Waals surface area contributed by atoms with Crippen LogP contribution in [0.3, 0.4) is 0 Å². The second-order valence-corrected chi connectivity index (χ2v) is 19.7. The molecular formula is C53H107BrMgO11. The van der Waals surface area contributed by atoms with Crippen molar-refractivity contribution in [1.82, 2.24) is 0 Å². The van der Waals surface area contributed by atoms with E-state index < -0.39 is 34.6 Å². The summed E-state index contributed by atoms with van der Waals surface area (Å²) in [7, 11) is 1.38. The molecule has 0 unspecified atom stereocenters. The summed E-state index contributed by atoms with van der Waals surface area (Å²) in [6.07, 6.45) is 22.6. The Hall–Kier alpha value is -2.61. The standard InChI is InChI=1S/2C18H30O4.C10H18O.C4H8O2.C3H5.BrH.Mg.8H2/c2*1-6-8-9-10-13-12-18(13,7-2)22-15(19)11-14(16(20)21)17(3,4)5;1-3-5-6-7-9-8-10(9,11)4-2;1-3-4(5)6-2;1-3-2;;;;;;;;;;/h2*6,13-14H,1,7-12H2,2-5H3,(H,20,21);3,9,11H,1,4-8H2,2H3;3H2,1-2H3;3H,1-2H2;1H;;8*1H/q;;;;-1;;+2;;;;;;;;/p-1/t13-,14+,18-;13-,14-,18-;9-,10-;;;;;;;;;;;;/m011............/s1/i;;;;;;;7*1+1D;1+1. The van der Waals surface area contributed by atoms with E-state index in [1.54, 1.807) is 6.92 Å². The number of carboxylic acid groups (broad SMARTS) is 2. The van der Waals surface area contributed by atoms with E-state index in [0.29, 0.717) is 24.2 Å². The van der Waals surface area contributed by atoms with Gasteiger partial charge in [0.1, 0.15) is 11.2 Å². The van der Waals surface area contributed by atoms with E-state index in [-0.39, 0.29) is 89.0 Å². The topological polar surface area (TPSA) is 174 Å². The van der Waals surface area contributed by atoms with E-state index >= 15 is 0 Å². The smallest absolute Gasteiger partial charge is 1.00 e. The van der Waals surface area contributed by atoms with Gasteiger partial charge in [-0.3, -0.25) is 24.0 Å². The maximum absolute atomic E-state index is 12.2. The predicted molar refractivity (Wildman–Crippen MR) is 281 cm³/mol. The molecule has 0 aromatic heterocycles. The van der Waals surface area contributed by atoms with Crippen LogP contribution in [0, 0.1) is 47.3 Å². The van der Waals surface area contributed by atoms with Gasteiger partial charge in [-0.1, -0.05) is 87.5 Å². The Labute approximate surface area is 450 Å². The van der Waals surface area contributed by atoms with Crippen molar-refractivity contribution in [2.45, 2.75) is 202 Å². The fourth-order valence-corrected chi connectivity index (χ4v) is 7.95. The first-order chi connectivity index (χ1) is 36.8. The van der Waals surface area contributed by atoms with Crippen LogP contribution in [-0.2, 0) is 38.2 Å². The number of halogens is 1. The van der Waals surface area contributed by atoms with Crippen LogP contribution in [-0.4, -0.2) is 92.1 Å². The minimum absolute atomic E-state index is 0. The second-order valence-electron chi connectivity index (χ2n) is 19.7. The average Bonchev–Trinajstić information content (AvgIpc) is 4.40. The molecule has 3 aliphatic carbocycles. The van der Waals surface area contributed by atoms with Gasteiger partial charge in [-0.15, -0.1) is 19.7 Å². The van der Waals surface area contributed by atoms with Gasteiger partial charge in [0, 0.05) is 40.5 Å². The SMILES string of the molecule is C=CCCC[C@@H]1C[C@@]1(CC)OC(=O)C[C@H](C(=O)O)C(C)(C)C.C=CCCC[C@@H]1C[C@]1(O)CC.C=CCCC[C@H]1C[C@]1(CC)OC(=O)C[C@H](C(=O)O)C(C)(C)C.C=C[CH2-].CCC(=O)OC.[2HH].[2H][2H].[2H][2H].[2H][2H].[2H][2H].[2H][2H].[2H][2H].[2H][2H].[Br-].[Mg+2]. The number of esters is 3. The molecule has 66 heavy (non-hydrogen) atoms. The van der Waals surface area contributed by atoms with Gasteiger partial charge in [-0.2, -0.15) is 0 Å². The zero-order valence-corrected chi connectivity index (χ0v) is 46.2. The minimum Gasteiger partial charge on any atom is -1.00 e. The molecule has 3 rings (SSSR count). The molecule has 8 atom stereocenters. The number of carboxylic acids is 2. The molecule has 0 aromatic rings. The molecule has 0 aromatic carbocycles. The summed E-state index contributed by atoms with van der Waals surface area (Å²) in [5, 5.41) is 28.3. The Kier molecular flexibility index (Phi) is 29.4. The van der Waals surface area contributed by atoms with E-state index in [1.807, 2.05) is 73.6 Å². The Morgan fingerprint density at radius 2 is 0.985 bits per heavy atom. The van der Waals surface area contributed by atoms with Crippen LogP contribution in [0.15, 0.2) is 50.6 Å². The fraction of sp³-hybridized carbons (Fsp3) is 0.736. The van der Waals surface area contributed by atoms with Gasteiger partial charge < -0.3 is 46.5 Å². The van der Waals surface area contributed by atoms with Crippen LogP contribution in [0.25, 0.3) is 0 Å². The molecule has 3 saturated carbocycles. The molecule has 3 aliphatic rings. The minimum atomic E-state index is -0.937. The van der Waals surface area contributed by atoms with Crippen LogP contribution in [0.4, 0.5) is 0 Å². The molecule has 0 spiro atoms.